The number of nitrogens with zero attached hydrogens (tertiary/aromatic N) is 4. The van der Waals surface area contributed by atoms with E-state index in [-0.39, 0.29) is 13.2 Å². The Morgan fingerprint density at radius 3 is 1.71 bits per heavy atom. The Balaban J connectivity index is 0.000000183. The molecule has 0 amide bonds. The summed E-state index contributed by atoms with van der Waals surface area (Å²) in [5, 5.41) is 40.1. The number of aliphatic hydroxyl groups is 2. The molecule has 0 bridgehead atoms. The molecule has 3 heterocycles. The van der Waals surface area contributed by atoms with Gasteiger partial charge < -0.3 is 40.1 Å². The molecule has 0 aliphatic carbocycles. The molecule has 58 heavy (non-hydrogen) atoms. The van der Waals surface area contributed by atoms with Crippen molar-refractivity contribution in [2.24, 2.45) is 0 Å². The molecule has 6 N–H and O–H groups in total. The predicted octanol–water partition coefficient (Wildman–Crippen LogP) is 9.29. The molecule has 1 saturated heterocycles. The number of fused-ring (bicyclic) bond motifs is 2. The first kappa shape index (κ1) is 44.6. The van der Waals surface area contributed by atoms with Crippen LogP contribution in [0.25, 0.3) is 32.9 Å². The fourth-order valence-corrected chi connectivity index (χ4v) is 7.39. The number of halogens is 3. The molecule has 2 aromatic heterocycles. The first-order valence-electron chi connectivity index (χ1n) is 18.9. The average Bonchev–Trinajstić information content (AvgIpc) is 3.79. The summed E-state index contributed by atoms with van der Waals surface area (Å²) in [6.07, 6.45) is 5.38. The second-order valence-electron chi connectivity index (χ2n) is 15.2. The van der Waals surface area contributed by atoms with Crippen LogP contribution in [0.15, 0.2) is 77.5 Å². The monoisotopic (exact) mass is 884 g/mol. The van der Waals surface area contributed by atoms with E-state index in [1.165, 1.54) is 0 Å². The standard InChI is InChI=1S/C19H25BN2O3.C19H18ClN3O.C6H5BrClN/c1-13-9-17-15(10-14(13)11-21)16(12-22(17)7-6-8-23)20-24-18(2,3)19(4,5)25-20;1-12-8-18-15(9-13(12)10-21)16(11-23(18)6-3-7-24)14-4-2-5-17(22)19(14)20;7-4-2-1-3-5(9)6(4)8/h9-10,12,23H,6-8H2,1-5H3;2,4-5,8-9,11,24H,3,6-7,22H2,1H3;1-3H,9H2. The van der Waals surface area contributed by atoms with Gasteiger partial charge in [-0.3, -0.25) is 0 Å². The van der Waals surface area contributed by atoms with Crippen LogP contribution < -0.4 is 16.9 Å². The van der Waals surface area contributed by atoms with Gasteiger partial charge in [0, 0.05) is 81.6 Å². The minimum atomic E-state index is -0.475. The number of aromatic nitrogens is 2. The van der Waals surface area contributed by atoms with Crippen molar-refractivity contribution in [2.45, 2.75) is 78.7 Å². The molecule has 0 atom stereocenters. The van der Waals surface area contributed by atoms with Gasteiger partial charge in [0.1, 0.15) is 0 Å². The maximum Gasteiger partial charge on any atom is 0.497 e. The molecule has 0 unspecified atom stereocenters. The van der Waals surface area contributed by atoms with Gasteiger partial charge in [-0.2, -0.15) is 10.5 Å². The van der Waals surface area contributed by atoms with E-state index >= 15 is 0 Å². The van der Waals surface area contributed by atoms with Crippen LogP contribution in [0.5, 0.6) is 0 Å². The Morgan fingerprint density at radius 2 is 1.21 bits per heavy atom. The van der Waals surface area contributed by atoms with Gasteiger partial charge in [-0.25, -0.2) is 0 Å². The van der Waals surface area contributed by atoms with Crippen LogP contribution in [0.3, 0.4) is 0 Å². The number of nitrogens with two attached hydrogens (primary N) is 2. The number of anilines is 2. The topological polar surface area (TPSA) is 168 Å². The van der Waals surface area contributed by atoms with Crippen molar-refractivity contribution in [3.05, 3.63) is 110 Å². The molecular formula is C44H48BBrCl2N6O4. The quantitative estimate of drug-likeness (QED) is 0.0867. The van der Waals surface area contributed by atoms with Crippen LogP contribution in [0.1, 0.15) is 62.8 Å². The lowest BCUT2D eigenvalue weighted by Gasteiger charge is -2.32. The van der Waals surface area contributed by atoms with Crippen LogP contribution in [0.4, 0.5) is 11.4 Å². The van der Waals surface area contributed by atoms with Crippen LogP contribution in [-0.4, -0.2) is 50.9 Å². The van der Waals surface area contributed by atoms with Crippen molar-refractivity contribution in [3.63, 3.8) is 0 Å². The molecule has 302 valence electrons. The Hall–Kier alpha value is -4.50. The lowest BCUT2D eigenvalue weighted by atomic mass is 9.78. The van der Waals surface area contributed by atoms with Crippen molar-refractivity contribution in [3.8, 4) is 23.3 Å². The predicted molar refractivity (Wildman–Crippen MR) is 240 cm³/mol. The first-order valence-corrected chi connectivity index (χ1v) is 20.4. The summed E-state index contributed by atoms with van der Waals surface area (Å²) in [6.45, 7) is 13.7. The van der Waals surface area contributed by atoms with Crippen molar-refractivity contribution >= 4 is 84.9 Å². The molecule has 1 fully saturated rings. The summed E-state index contributed by atoms with van der Waals surface area (Å²) < 4.78 is 17.5. The van der Waals surface area contributed by atoms with Gasteiger partial charge in [0.15, 0.2) is 0 Å². The van der Waals surface area contributed by atoms with E-state index in [9.17, 15) is 15.6 Å². The lowest BCUT2D eigenvalue weighted by molar-refractivity contribution is 0.00578. The van der Waals surface area contributed by atoms with Gasteiger partial charge in [0.05, 0.1) is 55.9 Å². The SMILES string of the molecule is Cc1cc2c(cc1C#N)c(-c1cccc(N)c1Cl)cn2CCCO.Cc1cc2c(cc1C#N)c(B1OC(C)(C)C(C)(C)O1)cn2CCCO.Nc1cccc(Br)c1Cl. The molecular weight excluding hydrogens is 838 g/mol. The number of nitrogen functional groups attached to an aromatic ring is 2. The number of rotatable bonds is 8. The van der Waals surface area contributed by atoms with Crippen molar-refractivity contribution in [1.29, 1.82) is 10.5 Å². The van der Waals surface area contributed by atoms with Crippen LogP contribution in [0, 0.1) is 36.5 Å². The number of nitriles is 2. The van der Waals surface area contributed by atoms with Crippen molar-refractivity contribution < 1.29 is 19.5 Å². The normalized spacial score (nSPS) is 14.1. The third kappa shape index (κ3) is 9.35. The van der Waals surface area contributed by atoms with E-state index in [2.05, 4.69) is 37.2 Å². The number of aryl methyl sites for hydroxylation is 4. The van der Waals surface area contributed by atoms with Crippen LogP contribution >= 0.6 is 39.1 Å². The van der Waals surface area contributed by atoms with E-state index in [1.807, 2.05) is 102 Å². The summed E-state index contributed by atoms with van der Waals surface area (Å²) >= 11 is 15.3. The molecule has 0 saturated carbocycles. The number of hydrogen-bond donors (Lipinski definition) is 4. The number of benzene rings is 4. The zero-order chi connectivity index (χ0) is 42.5. The number of aliphatic hydroxyl groups excluding tert-OH is 2. The molecule has 10 nitrogen and oxygen atoms in total. The van der Waals surface area contributed by atoms with Gasteiger partial charge in [-0.1, -0.05) is 41.4 Å². The Labute approximate surface area is 358 Å². The van der Waals surface area contributed by atoms with Crippen molar-refractivity contribution in [1.82, 2.24) is 9.13 Å². The zero-order valence-corrected chi connectivity index (χ0v) is 36.6. The molecule has 7 rings (SSSR count). The Bertz CT molecular complexity index is 2500. The number of hydrogen-bond acceptors (Lipinski definition) is 8. The minimum absolute atomic E-state index is 0.128. The Kier molecular flexibility index (Phi) is 14.3. The molecule has 1 aliphatic heterocycles. The Morgan fingerprint density at radius 1 is 0.724 bits per heavy atom. The highest BCUT2D eigenvalue weighted by molar-refractivity contribution is 9.10. The summed E-state index contributed by atoms with van der Waals surface area (Å²) in [7, 11) is -0.475. The minimum Gasteiger partial charge on any atom is -0.399 e. The zero-order valence-electron chi connectivity index (χ0n) is 33.5. The van der Waals surface area contributed by atoms with Gasteiger partial charge in [0.25, 0.3) is 0 Å². The molecule has 4 aromatic carbocycles. The molecule has 0 radical (unpaired) electrons. The van der Waals surface area contributed by atoms with Crippen LogP contribution in [0.2, 0.25) is 10.0 Å². The third-order valence-corrected chi connectivity index (χ3v) is 12.4. The average molecular weight is 887 g/mol. The summed E-state index contributed by atoms with van der Waals surface area (Å²) in [6, 6.07) is 23.3. The second-order valence-corrected chi connectivity index (χ2v) is 16.8. The largest absolute Gasteiger partial charge is 0.497 e. The van der Waals surface area contributed by atoms with Gasteiger partial charge in [-0.05, 0) is 124 Å². The third-order valence-electron chi connectivity index (χ3n) is 10.6. The van der Waals surface area contributed by atoms with Gasteiger partial charge >= 0.3 is 7.12 Å². The van der Waals surface area contributed by atoms with Gasteiger partial charge in [-0.15, -0.1) is 0 Å². The summed E-state index contributed by atoms with van der Waals surface area (Å²) in [5.74, 6) is 0. The molecule has 6 aromatic rings. The molecule has 0 spiro atoms. The van der Waals surface area contributed by atoms with Crippen molar-refractivity contribution in [2.75, 3.05) is 24.7 Å². The van der Waals surface area contributed by atoms with E-state index in [0.717, 1.165) is 54.0 Å². The lowest BCUT2D eigenvalue weighted by Crippen LogP contribution is -2.41. The van der Waals surface area contributed by atoms with E-state index in [0.29, 0.717) is 58.5 Å². The van der Waals surface area contributed by atoms with Gasteiger partial charge in [0.2, 0.25) is 0 Å². The highest BCUT2D eigenvalue weighted by atomic mass is 79.9. The van der Waals surface area contributed by atoms with Crippen LogP contribution in [-0.2, 0) is 22.4 Å². The maximum atomic E-state index is 9.40. The fourth-order valence-electron chi connectivity index (χ4n) is 6.65. The highest BCUT2D eigenvalue weighted by Gasteiger charge is 2.52. The highest BCUT2D eigenvalue weighted by Crippen LogP contribution is 2.39. The molecule has 14 heteroatoms. The second kappa shape index (κ2) is 18.6. The van der Waals surface area contributed by atoms with E-state index in [4.69, 9.17) is 49.1 Å². The summed E-state index contributed by atoms with van der Waals surface area (Å²) in [4.78, 5) is 0. The molecule has 1 aliphatic rings. The maximum absolute atomic E-state index is 9.40. The smallest absolute Gasteiger partial charge is 0.399 e. The van der Waals surface area contributed by atoms with E-state index in [1.54, 1.807) is 12.1 Å². The van der Waals surface area contributed by atoms with E-state index < -0.39 is 18.3 Å². The summed E-state index contributed by atoms with van der Waals surface area (Å²) in [5.41, 5.74) is 19.6. The fraction of sp³-hybridized carbons (Fsp3) is 0.318. The first-order chi connectivity index (χ1) is 27.5.